The van der Waals surface area contributed by atoms with Gasteiger partial charge in [-0.2, -0.15) is 0 Å². The number of hydrogen-bond acceptors (Lipinski definition) is 5. The largest absolute Gasteiger partial charge is 0.380 e. The van der Waals surface area contributed by atoms with Crippen molar-refractivity contribution in [2.45, 2.75) is 0 Å². The van der Waals surface area contributed by atoms with Crippen LogP contribution in [0, 0.1) is 0 Å². The first-order chi connectivity index (χ1) is 6.77. The third-order valence-corrected chi connectivity index (χ3v) is 2.31. The monoisotopic (exact) mass is 214 g/mol. The van der Waals surface area contributed by atoms with Crippen LogP contribution in [0.1, 0.15) is 0 Å². The van der Waals surface area contributed by atoms with Crippen LogP contribution in [0.15, 0.2) is 6.07 Å². The number of hydrogen-bond donors (Lipinski definition) is 1. The molecule has 2 heterocycles. The van der Waals surface area contributed by atoms with Gasteiger partial charge in [-0.15, -0.1) is 10.2 Å². The first kappa shape index (κ1) is 9.48. The molecule has 1 aromatic rings. The van der Waals surface area contributed by atoms with E-state index in [0.717, 1.165) is 18.8 Å². The molecule has 0 amide bonds. The van der Waals surface area contributed by atoms with E-state index in [-0.39, 0.29) is 0 Å². The van der Waals surface area contributed by atoms with E-state index in [1.54, 1.807) is 6.07 Å². The molecule has 0 bridgehead atoms. The normalized spacial score (nSPS) is 17.1. The van der Waals surface area contributed by atoms with E-state index in [9.17, 15) is 0 Å². The third-order valence-electron chi connectivity index (χ3n) is 2.12. The minimum Gasteiger partial charge on any atom is -0.380 e. The molecule has 1 aliphatic rings. The Hall–Kier alpha value is -1.07. The standard InChI is InChI=1S/C8H11ClN4O/c9-7-5-6(8(10)12-11-7)13-1-3-14-4-2-13/h5H,1-4H2,(H2,10,12). The maximum absolute atomic E-state index is 5.75. The summed E-state index contributed by atoms with van der Waals surface area (Å²) in [6.45, 7) is 3.04. The molecule has 1 aliphatic heterocycles. The predicted octanol–water partition coefficient (Wildman–Crippen LogP) is 0.549. The molecule has 0 saturated carbocycles. The van der Waals surface area contributed by atoms with Gasteiger partial charge >= 0.3 is 0 Å². The Labute approximate surface area is 86.8 Å². The number of aromatic nitrogens is 2. The number of nitrogens with zero attached hydrogens (tertiary/aromatic N) is 3. The zero-order valence-electron chi connectivity index (χ0n) is 7.61. The van der Waals surface area contributed by atoms with Gasteiger partial charge in [-0.05, 0) is 0 Å². The summed E-state index contributed by atoms with van der Waals surface area (Å²) in [7, 11) is 0. The van der Waals surface area contributed by atoms with E-state index < -0.39 is 0 Å². The molecule has 0 radical (unpaired) electrons. The Morgan fingerprint density at radius 2 is 2.07 bits per heavy atom. The molecule has 1 fully saturated rings. The number of morpholine rings is 1. The maximum Gasteiger partial charge on any atom is 0.169 e. The van der Waals surface area contributed by atoms with E-state index in [4.69, 9.17) is 22.1 Å². The molecule has 14 heavy (non-hydrogen) atoms. The van der Waals surface area contributed by atoms with Crippen LogP contribution in [0.3, 0.4) is 0 Å². The van der Waals surface area contributed by atoms with E-state index >= 15 is 0 Å². The second-order valence-electron chi connectivity index (χ2n) is 3.04. The molecule has 0 unspecified atom stereocenters. The first-order valence-electron chi connectivity index (χ1n) is 4.39. The first-order valence-corrected chi connectivity index (χ1v) is 4.76. The number of nitrogens with two attached hydrogens (primary N) is 1. The Morgan fingerprint density at radius 3 is 2.79 bits per heavy atom. The third kappa shape index (κ3) is 1.88. The van der Waals surface area contributed by atoms with Crippen molar-refractivity contribution in [3.63, 3.8) is 0 Å². The highest BCUT2D eigenvalue weighted by Crippen LogP contribution is 2.23. The summed E-state index contributed by atoms with van der Waals surface area (Å²) in [6.07, 6.45) is 0. The molecule has 2 N–H and O–H groups in total. The molecule has 0 atom stereocenters. The van der Waals surface area contributed by atoms with Gasteiger partial charge in [0.1, 0.15) is 0 Å². The van der Waals surface area contributed by atoms with Crippen molar-refractivity contribution in [3.8, 4) is 0 Å². The summed E-state index contributed by atoms with van der Waals surface area (Å²) < 4.78 is 5.24. The Bertz CT molecular complexity index is 327. The molecule has 76 valence electrons. The highest BCUT2D eigenvalue weighted by molar-refractivity contribution is 6.29. The zero-order chi connectivity index (χ0) is 9.97. The van der Waals surface area contributed by atoms with Gasteiger partial charge in [-0.3, -0.25) is 0 Å². The molecule has 5 nitrogen and oxygen atoms in total. The maximum atomic E-state index is 5.75. The average molecular weight is 215 g/mol. The highest BCUT2D eigenvalue weighted by atomic mass is 35.5. The topological polar surface area (TPSA) is 64.3 Å². The van der Waals surface area contributed by atoms with Crippen molar-refractivity contribution < 1.29 is 4.74 Å². The van der Waals surface area contributed by atoms with Crippen LogP contribution in [0.4, 0.5) is 11.5 Å². The van der Waals surface area contributed by atoms with E-state index in [1.807, 2.05) is 0 Å². The Morgan fingerprint density at radius 1 is 1.36 bits per heavy atom. The van der Waals surface area contributed by atoms with Crippen LogP contribution in [-0.4, -0.2) is 36.5 Å². The summed E-state index contributed by atoms with van der Waals surface area (Å²) in [5.74, 6) is 0.413. The highest BCUT2D eigenvalue weighted by Gasteiger charge is 2.15. The lowest BCUT2D eigenvalue weighted by atomic mass is 10.3. The van der Waals surface area contributed by atoms with Gasteiger partial charge in [-0.25, -0.2) is 0 Å². The minimum absolute atomic E-state index is 0.362. The van der Waals surface area contributed by atoms with Gasteiger partial charge in [0.15, 0.2) is 11.0 Å². The fourth-order valence-corrected chi connectivity index (χ4v) is 1.57. The number of nitrogen functional groups attached to an aromatic ring is 1. The van der Waals surface area contributed by atoms with Gasteiger partial charge in [0, 0.05) is 19.2 Å². The fourth-order valence-electron chi connectivity index (χ4n) is 1.43. The molecule has 1 saturated heterocycles. The summed E-state index contributed by atoms with van der Waals surface area (Å²) >= 11 is 5.75. The predicted molar refractivity (Wildman–Crippen MR) is 54.5 cm³/mol. The van der Waals surface area contributed by atoms with Gasteiger partial charge < -0.3 is 15.4 Å². The molecule has 0 spiro atoms. The van der Waals surface area contributed by atoms with Crippen LogP contribution in [0.2, 0.25) is 5.15 Å². The van der Waals surface area contributed by atoms with E-state index in [1.165, 1.54) is 0 Å². The SMILES string of the molecule is Nc1nnc(Cl)cc1N1CCOCC1. The molecule has 0 aromatic carbocycles. The van der Waals surface area contributed by atoms with Crippen LogP contribution in [0.25, 0.3) is 0 Å². The van der Waals surface area contributed by atoms with Gasteiger partial charge in [0.05, 0.1) is 18.9 Å². The molecule has 2 rings (SSSR count). The van der Waals surface area contributed by atoms with Gasteiger partial charge in [0.2, 0.25) is 0 Å². The Kier molecular flexibility index (Phi) is 2.69. The lowest BCUT2D eigenvalue weighted by Crippen LogP contribution is -2.36. The van der Waals surface area contributed by atoms with Crippen molar-refractivity contribution >= 4 is 23.1 Å². The molecular formula is C8H11ClN4O. The zero-order valence-corrected chi connectivity index (χ0v) is 8.37. The lowest BCUT2D eigenvalue weighted by Gasteiger charge is -2.29. The van der Waals surface area contributed by atoms with Crippen molar-refractivity contribution in [1.29, 1.82) is 0 Å². The van der Waals surface area contributed by atoms with Crippen molar-refractivity contribution in [2.24, 2.45) is 0 Å². The lowest BCUT2D eigenvalue weighted by molar-refractivity contribution is 0.122. The van der Waals surface area contributed by atoms with Crippen molar-refractivity contribution in [2.75, 3.05) is 36.9 Å². The summed E-state index contributed by atoms with van der Waals surface area (Å²) in [5, 5.41) is 7.80. The quantitative estimate of drug-likeness (QED) is 0.740. The van der Waals surface area contributed by atoms with Crippen LogP contribution >= 0.6 is 11.6 Å². The smallest absolute Gasteiger partial charge is 0.169 e. The van der Waals surface area contributed by atoms with Crippen molar-refractivity contribution in [1.82, 2.24) is 10.2 Å². The van der Waals surface area contributed by atoms with Crippen LogP contribution in [0.5, 0.6) is 0 Å². The van der Waals surface area contributed by atoms with Crippen molar-refractivity contribution in [3.05, 3.63) is 11.2 Å². The number of ether oxygens (including phenoxy) is 1. The molecule has 1 aromatic heterocycles. The second-order valence-corrected chi connectivity index (χ2v) is 3.42. The van der Waals surface area contributed by atoms with Crippen LogP contribution < -0.4 is 10.6 Å². The molecule has 6 heteroatoms. The summed E-state index contributed by atoms with van der Waals surface area (Å²) in [5.41, 5.74) is 6.55. The second kappa shape index (κ2) is 3.98. The van der Waals surface area contributed by atoms with Gasteiger partial charge in [0.25, 0.3) is 0 Å². The number of rotatable bonds is 1. The van der Waals surface area contributed by atoms with E-state index in [2.05, 4.69) is 15.1 Å². The average Bonchev–Trinajstić information content (AvgIpc) is 2.23. The van der Waals surface area contributed by atoms with Gasteiger partial charge in [-0.1, -0.05) is 11.6 Å². The number of halogens is 1. The minimum atomic E-state index is 0.362. The molecule has 0 aliphatic carbocycles. The van der Waals surface area contributed by atoms with E-state index in [0.29, 0.717) is 24.2 Å². The Balaban J connectivity index is 2.24. The summed E-state index contributed by atoms with van der Waals surface area (Å²) in [4.78, 5) is 2.10. The van der Waals surface area contributed by atoms with Crippen LogP contribution in [-0.2, 0) is 4.74 Å². The molecular weight excluding hydrogens is 204 g/mol. The fraction of sp³-hybridized carbons (Fsp3) is 0.500. The summed E-state index contributed by atoms with van der Waals surface area (Å²) in [6, 6.07) is 1.73. The number of anilines is 2.